The number of nitrogens with two attached hydrogens (primary N) is 1. The average Bonchev–Trinajstić information content (AvgIpc) is 2.79. The molecule has 34 heavy (non-hydrogen) atoms. The Labute approximate surface area is 194 Å². The van der Waals surface area contributed by atoms with E-state index in [0.29, 0.717) is 5.82 Å². The Morgan fingerprint density at radius 1 is 1.09 bits per heavy atom. The molecule has 1 fully saturated rings. The van der Waals surface area contributed by atoms with Gasteiger partial charge in [0.05, 0.1) is 17.4 Å². The molecule has 0 aliphatic carbocycles. The summed E-state index contributed by atoms with van der Waals surface area (Å²) in [5.74, 6) is -0.635. The number of anilines is 3. The predicted octanol–water partition coefficient (Wildman–Crippen LogP) is 4.41. The maximum absolute atomic E-state index is 13.4. The third kappa shape index (κ3) is 4.92. The van der Waals surface area contributed by atoms with E-state index in [2.05, 4.69) is 44.0 Å². The van der Waals surface area contributed by atoms with Crippen LogP contribution in [0, 0.1) is 5.41 Å². The largest absolute Gasteiger partial charge is 0.418 e. The fourth-order valence-electron chi connectivity index (χ4n) is 3.79. The van der Waals surface area contributed by atoms with E-state index >= 15 is 0 Å². The molecule has 4 rings (SSSR count). The molecule has 1 aliphatic rings. The number of nitrogens with zero attached hydrogens (tertiary/aromatic N) is 5. The van der Waals surface area contributed by atoms with Gasteiger partial charge in [0, 0.05) is 25.5 Å². The second-order valence-corrected chi connectivity index (χ2v) is 8.86. The minimum Gasteiger partial charge on any atom is -0.382 e. The normalized spacial score (nSPS) is 15.7. The van der Waals surface area contributed by atoms with Crippen LogP contribution in [0.4, 0.5) is 30.5 Å². The number of carbonyl (C=O) groups excluding carboxylic acids is 1. The first-order valence-corrected chi connectivity index (χ1v) is 10.7. The van der Waals surface area contributed by atoms with Gasteiger partial charge in [-0.05, 0) is 42.5 Å². The maximum atomic E-state index is 13.4. The van der Waals surface area contributed by atoms with Crippen molar-refractivity contribution in [3.05, 3.63) is 54.1 Å². The van der Waals surface area contributed by atoms with Gasteiger partial charge in [-0.2, -0.15) is 13.2 Å². The number of hydrogen-bond acceptors (Lipinski definition) is 7. The lowest BCUT2D eigenvalue weighted by Crippen LogP contribution is -2.38. The van der Waals surface area contributed by atoms with E-state index in [1.54, 1.807) is 12.3 Å². The molecule has 1 saturated heterocycles. The van der Waals surface area contributed by atoms with Crippen LogP contribution in [0.25, 0.3) is 11.4 Å². The molecule has 0 aromatic carbocycles. The monoisotopic (exact) mass is 471 g/mol. The van der Waals surface area contributed by atoms with Crippen molar-refractivity contribution in [3.63, 3.8) is 0 Å². The van der Waals surface area contributed by atoms with Gasteiger partial charge < -0.3 is 16.0 Å². The van der Waals surface area contributed by atoms with Crippen molar-refractivity contribution >= 4 is 23.2 Å². The number of piperidine rings is 1. The van der Waals surface area contributed by atoms with Crippen LogP contribution in [-0.4, -0.2) is 38.9 Å². The third-order valence-corrected chi connectivity index (χ3v) is 5.85. The summed E-state index contributed by atoms with van der Waals surface area (Å²) in [5.41, 5.74) is 4.89. The summed E-state index contributed by atoms with van der Waals surface area (Å²) in [6.07, 6.45) is 1.14. The maximum Gasteiger partial charge on any atom is 0.418 e. The lowest BCUT2D eigenvalue weighted by atomic mass is 9.82. The van der Waals surface area contributed by atoms with Gasteiger partial charge in [-0.3, -0.25) is 9.78 Å². The zero-order chi connectivity index (χ0) is 24.5. The van der Waals surface area contributed by atoms with Gasteiger partial charge in [0.1, 0.15) is 11.4 Å². The Balaban J connectivity index is 1.63. The highest BCUT2D eigenvalue weighted by Gasteiger charge is 2.35. The van der Waals surface area contributed by atoms with E-state index < -0.39 is 23.3 Å². The van der Waals surface area contributed by atoms with Crippen molar-refractivity contribution < 1.29 is 18.0 Å². The summed E-state index contributed by atoms with van der Waals surface area (Å²) < 4.78 is 40.3. The minimum atomic E-state index is -4.65. The standard InChI is InChI=1S/C23H24F3N7O/c1-22(2)7-11-33(12-8-22)16-6-4-10-29-20(16)32-21(34)18-19(27)30-13-15(31-18)17-14(23(24,25)26)5-3-9-28-17/h3-6,9-10,13H,7-8,11-12H2,1-2H3,(H2,27,30)(H,29,32,34). The molecular formula is C23H24F3N7O. The zero-order valence-electron chi connectivity index (χ0n) is 18.7. The van der Waals surface area contributed by atoms with Gasteiger partial charge in [-0.1, -0.05) is 13.8 Å². The van der Waals surface area contributed by atoms with Crippen molar-refractivity contribution in [1.82, 2.24) is 19.9 Å². The highest BCUT2D eigenvalue weighted by atomic mass is 19.4. The third-order valence-electron chi connectivity index (χ3n) is 5.85. The molecule has 3 aromatic rings. The van der Waals surface area contributed by atoms with Crippen molar-refractivity contribution in [2.24, 2.45) is 5.41 Å². The number of amides is 1. The Bertz CT molecular complexity index is 1200. The van der Waals surface area contributed by atoms with Gasteiger partial charge in [0.2, 0.25) is 0 Å². The highest BCUT2D eigenvalue weighted by molar-refractivity contribution is 6.06. The van der Waals surface area contributed by atoms with Crippen LogP contribution >= 0.6 is 0 Å². The minimum absolute atomic E-state index is 0.216. The van der Waals surface area contributed by atoms with Crippen LogP contribution in [0.3, 0.4) is 0 Å². The molecule has 0 bridgehead atoms. The molecule has 4 heterocycles. The van der Waals surface area contributed by atoms with Gasteiger partial charge in [0.15, 0.2) is 17.3 Å². The topological polar surface area (TPSA) is 110 Å². The molecule has 1 aliphatic heterocycles. The Hall–Kier alpha value is -3.76. The number of halogens is 3. The molecule has 3 N–H and O–H groups in total. The molecule has 0 unspecified atom stereocenters. The molecular weight excluding hydrogens is 447 g/mol. The molecule has 8 nitrogen and oxygen atoms in total. The van der Waals surface area contributed by atoms with E-state index in [1.165, 1.54) is 12.3 Å². The first kappa shape index (κ1) is 23.4. The number of pyridine rings is 2. The lowest BCUT2D eigenvalue weighted by molar-refractivity contribution is -0.137. The molecule has 0 saturated carbocycles. The quantitative estimate of drug-likeness (QED) is 0.580. The number of nitrogen functional groups attached to an aromatic ring is 1. The van der Waals surface area contributed by atoms with Crippen LogP contribution < -0.4 is 16.0 Å². The fraction of sp³-hybridized carbons (Fsp3) is 0.348. The average molecular weight is 471 g/mol. The van der Waals surface area contributed by atoms with Crippen LogP contribution in [0.1, 0.15) is 42.7 Å². The molecule has 3 aromatic heterocycles. The van der Waals surface area contributed by atoms with Gasteiger partial charge in [0.25, 0.3) is 5.91 Å². The van der Waals surface area contributed by atoms with E-state index in [0.717, 1.165) is 43.9 Å². The summed E-state index contributed by atoms with van der Waals surface area (Å²) in [7, 11) is 0. The molecule has 178 valence electrons. The van der Waals surface area contributed by atoms with Gasteiger partial charge >= 0.3 is 6.18 Å². The first-order chi connectivity index (χ1) is 16.0. The highest BCUT2D eigenvalue weighted by Crippen LogP contribution is 2.36. The number of alkyl halides is 3. The lowest BCUT2D eigenvalue weighted by Gasteiger charge is -2.38. The number of aromatic nitrogens is 4. The van der Waals surface area contributed by atoms with Crippen LogP contribution in [0.15, 0.2) is 42.9 Å². The van der Waals surface area contributed by atoms with E-state index in [4.69, 9.17) is 5.73 Å². The number of carbonyl (C=O) groups is 1. The van der Waals surface area contributed by atoms with Crippen molar-refractivity contribution in [1.29, 1.82) is 0 Å². The summed E-state index contributed by atoms with van der Waals surface area (Å²) in [5, 5.41) is 2.69. The number of nitrogens with one attached hydrogen (secondary N) is 1. The summed E-state index contributed by atoms with van der Waals surface area (Å²) >= 11 is 0. The number of rotatable bonds is 4. The molecule has 1 amide bonds. The van der Waals surface area contributed by atoms with Crippen molar-refractivity contribution in [2.75, 3.05) is 29.0 Å². The Morgan fingerprint density at radius 2 is 1.76 bits per heavy atom. The first-order valence-electron chi connectivity index (χ1n) is 10.7. The summed E-state index contributed by atoms with van der Waals surface area (Å²) in [4.78, 5) is 31.2. The van der Waals surface area contributed by atoms with Crippen molar-refractivity contribution in [3.8, 4) is 11.4 Å². The van der Waals surface area contributed by atoms with Gasteiger partial charge in [-0.15, -0.1) is 0 Å². The Morgan fingerprint density at radius 3 is 2.47 bits per heavy atom. The zero-order valence-corrected chi connectivity index (χ0v) is 18.7. The van der Waals surface area contributed by atoms with Gasteiger partial charge in [-0.25, -0.2) is 15.0 Å². The number of hydrogen-bond donors (Lipinski definition) is 2. The predicted molar refractivity (Wildman–Crippen MR) is 122 cm³/mol. The second-order valence-electron chi connectivity index (χ2n) is 8.86. The molecule has 0 radical (unpaired) electrons. The van der Waals surface area contributed by atoms with Crippen LogP contribution in [-0.2, 0) is 6.18 Å². The molecule has 11 heteroatoms. The molecule has 0 spiro atoms. The smallest absolute Gasteiger partial charge is 0.382 e. The SMILES string of the molecule is CC1(C)CCN(c2cccnc2NC(=O)c2nc(-c3ncccc3C(F)(F)F)cnc2N)CC1. The fourth-order valence-corrected chi connectivity index (χ4v) is 3.79. The van der Waals surface area contributed by atoms with Crippen LogP contribution in [0.2, 0.25) is 0 Å². The van der Waals surface area contributed by atoms with E-state index in [1.807, 2.05) is 6.07 Å². The van der Waals surface area contributed by atoms with E-state index in [9.17, 15) is 18.0 Å². The van der Waals surface area contributed by atoms with Crippen LogP contribution in [0.5, 0.6) is 0 Å². The summed E-state index contributed by atoms with van der Waals surface area (Å²) in [6, 6.07) is 5.70. The Kier molecular flexibility index (Phi) is 6.11. The van der Waals surface area contributed by atoms with Crippen molar-refractivity contribution in [2.45, 2.75) is 32.9 Å². The second kappa shape index (κ2) is 8.88. The molecule has 0 atom stereocenters. The summed E-state index contributed by atoms with van der Waals surface area (Å²) in [6.45, 7) is 6.05. The van der Waals surface area contributed by atoms with E-state index in [-0.39, 0.29) is 22.6 Å².